The molecule has 0 unspecified atom stereocenters. The molecule has 4 heterocycles. The van der Waals surface area contributed by atoms with Crippen molar-refractivity contribution in [1.29, 1.82) is 0 Å². The fourth-order valence-corrected chi connectivity index (χ4v) is 3.23. The highest BCUT2D eigenvalue weighted by Gasteiger charge is 2.19. The third-order valence-electron chi connectivity index (χ3n) is 4.39. The lowest BCUT2D eigenvalue weighted by Crippen LogP contribution is -2.25. The van der Waals surface area contributed by atoms with Gasteiger partial charge in [0, 0.05) is 31.9 Å². The van der Waals surface area contributed by atoms with E-state index in [4.69, 9.17) is 4.42 Å². The van der Waals surface area contributed by atoms with Crippen molar-refractivity contribution in [2.24, 2.45) is 0 Å². The molecule has 0 bridgehead atoms. The van der Waals surface area contributed by atoms with Gasteiger partial charge in [0.15, 0.2) is 0 Å². The van der Waals surface area contributed by atoms with E-state index < -0.39 is 0 Å². The fraction of sp³-hybridized carbons (Fsp3) is 0.389. The molecular weight excluding hydrogens is 302 g/mol. The highest BCUT2D eigenvalue weighted by atomic mass is 16.3. The molecule has 0 amide bonds. The second kappa shape index (κ2) is 6.97. The van der Waals surface area contributed by atoms with Gasteiger partial charge in [0.25, 0.3) is 0 Å². The van der Waals surface area contributed by atoms with Crippen molar-refractivity contribution in [3.05, 3.63) is 65.9 Å². The lowest BCUT2D eigenvalue weighted by molar-refractivity contribution is 0.217. The van der Waals surface area contributed by atoms with Gasteiger partial charge in [-0.2, -0.15) is 0 Å². The molecule has 0 saturated carbocycles. The molecule has 0 spiro atoms. The molecule has 0 atom stereocenters. The van der Waals surface area contributed by atoms with E-state index in [1.165, 1.54) is 18.4 Å². The summed E-state index contributed by atoms with van der Waals surface area (Å²) in [5.74, 6) is 3.12. The van der Waals surface area contributed by atoms with Crippen LogP contribution in [0.1, 0.15) is 35.8 Å². The second-order valence-electron chi connectivity index (χ2n) is 6.23. The van der Waals surface area contributed by atoms with Gasteiger partial charge in [0.1, 0.15) is 17.4 Å². The summed E-state index contributed by atoms with van der Waals surface area (Å²) in [5.41, 5.74) is 1.18. The Balaban J connectivity index is 1.54. The molecule has 1 aliphatic rings. The molecule has 0 fully saturated rings. The molecule has 0 aromatic carbocycles. The summed E-state index contributed by atoms with van der Waals surface area (Å²) < 4.78 is 7.81. The first-order valence-corrected chi connectivity index (χ1v) is 8.43. The van der Waals surface area contributed by atoms with Gasteiger partial charge in [0.2, 0.25) is 0 Å². The Kier molecular flexibility index (Phi) is 4.38. The Hall–Kier alpha value is -2.47. The number of rotatable bonds is 6. The lowest BCUT2D eigenvalue weighted by Gasteiger charge is -2.22. The minimum atomic E-state index is 0.740. The highest BCUT2D eigenvalue weighted by Crippen LogP contribution is 2.18. The predicted molar refractivity (Wildman–Crippen MR) is 88.9 cm³/mol. The summed E-state index contributed by atoms with van der Waals surface area (Å²) in [5, 5.41) is 8.80. The molecule has 4 rings (SSSR count). The number of hydrogen-bond acceptors (Lipinski definition) is 5. The number of aryl methyl sites for hydroxylation is 1. The fourth-order valence-electron chi connectivity index (χ4n) is 3.23. The van der Waals surface area contributed by atoms with Crippen LogP contribution in [-0.2, 0) is 32.6 Å². The second-order valence-corrected chi connectivity index (χ2v) is 6.23. The van der Waals surface area contributed by atoms with Gasteiger partial charge in [-0.05, 0) is 36.6 Å². The topological polar surface area (TPSA) is 60.0 Å². The normalized spacial score (nSPS) is 14.0. The maximum absolute atomic E-state index is 5.53. The number of nitrogens with zero attached hydrogens (tertiary/aromatic N) is 5. The van der Waals surface area contributed by atoms with Crippen LogP contribution in [0, 0.1) is 0 Å². The summed E-state index contributed by atoms with van der Waals surface area (Å²) in [6.07, 6.45) is 8.89. The Labute approximate surface area is 141 Å². The van der Waals surface area contributed by atoms with E-state index in [-0.39, 0.29) is 0 Å². The first kappa shape index (κ1) is 15.1. The Morgan fingerprint density at radius 1 is 1.08 bits per heavy atom. The molecular formula is C18H21N5O. The Morgan fingerprint density at radius 2 is 2.08 bits per heavy atom. The molecule has 24 heavy (non-hydrogen) atoms. The van der Waals surface area contributed by atoms with Crippen LogP contribution >= 0.6 is 0 Å². The van der Waals surface area contributed by atoms with Crippen molar-refractivity contribution in [1.82, 2.24) is 24.6 Å². The lowest BCUT2D eigenvalue weighted by atomic mass is 10.1. The first-order valence-electron chi connectivity index (χ1n) is 8.43. The quantitative estimate of drug-likeness (QED) is 0.698. The largest absolute Gasteiger partial charge is 0.468 e. The van der Waals surface area contributed by atoms with E-state index in [0.29, 0.717) is 0 Å². The molecule has 0 N–H and O–H groups in total. The number of furan rings is 1. The highest BCUT2D eigenvalue weighted by molar-refractivity contribution is 5.09. The summed E-state index contributed by atoms with van der Waals surface area (Å²) in [6.45, 7) is 3.32. The smallest absolute Gasteiger partial charge is 0.147 e. The summed E-state index contributed by atoms with van der Waals surface area (Å²) in [7, 11) is 0. The Morgan fingerprint density at radius 3 is 2.92 bits per heavy atom. The molecule has 0 radical (unpaired) electrons. The van der Waals surface area contributed by atoms with Gasteiger partial charge < -0.3 is 8.98 Å². The van der Waals surface area contributed by atoms with Gasteiger partial charge >= 0.3 is 0 Å². The van der Waals surface area contributed by atoms with Crippen molar-refractivity contribution in [2.75, 3.05) is 0 Å². The van der Waals surface area contributed by atoms with Crippen LogP contribution in [0.25, 0.3) is 0 Å². The van der Waals surface area contributed by atoms with Crippen LogP contribution in [0.3, 0.4) is 0 Å². The molecule has 3 aromatic heterocycles. The summed E-state index contributed by atoms with van der Waals surface area (Å²) in [4.78, 5) is 6.54. The maximum atomic E-state index is 5.53. The first-order chi connectivity index (χ1) is 11.9. The van der Waals surface area contributed by atoms with Crippen LogP contribution in [-0.4, -0.2) is 24.6 Å². The summed E-state index contributed by atoms with van der Waals surface area (Å²) >= 11 is 0. The van der Waals surface area contributed by atoms with Crippen molar-refractivity contribution in [3.63, 3.8) is 0 Å². The van der Waals surface area contributed by atoms with Crippen LogP contribution in [0.15, 0.2) is 47.3 Å². The zero-order valence-corrected chi connectivity index (χ0v) is 13.6. The predicted octanol–water partition coefficient (Wildman–Crippen LogP) is 2.80. The minimum absolute atomic E-state index is 0.740. The molecule has 1 aliphatic heterocycles. The average molecular weight is 323 g/mol. The third-order valence-corrected chi connectivity index (χ3v) is 4.39. The standard InChI is InChI=1S/C18H21N5O/c1-2-9-23-17(7-1)20-21-18(23)14-22(13-16-6-4-10-24-16)12-15-5-3-8-19-11-15/h3-6,8,10-11H,1-2,7,9,12-14H2. The number of pyridine rings is 1. The Bertz CT molecular complexity index is 766. The van der Waals surface area contributed by atoms with Crippen molar-refractivity contribution < 1.29 is 4.42 Å². The van der Waals surface area contributed by atoms with Crippen molar-refractivity contribution in [3.8, 4) is 0 Å². The van der Waals surface area contributed by atoms with Gasteiger partial charge in [0.05, 0.1) is 19.4 Å². The van der Waals surface area contributed by atoms with Gasteiger partial charge in [-0.15, -0.1) is 10.2 Å². The third kappa shape index (κ3) is 3.38. The number of aromatic nitrogens is 4. The molecule has 124 valence electrons. The number of fused-ring (bicyclic) bond motifs is 1. The van der Waals surface area contributed by atoms with E-state index in [2.05, 4.69) is 30.7 Å². The van der Waals surface area contributed by atoms with E-state index in [1.54, 1.807) is 12.5 Å². The zero-order chi connectivity index (χ0) is 16.2. The molecule has 3 aromatic rings. The van der Waals surface area contributed by atoms with Gasteiger partial charge in [-0.25, -0.2) is 0 Å². The van der Waals surface area contributed by atoms with Crippen LogP contribution in [0.4, 0.5) is 0 Å². The minimum Gasteiger partial charge on any atom is -0.468 e. The number of hydrogen-bond donors (Lipinski definition) is 0. The molecule has 0 aliphatic carbocycles. The van der Waals surface area contributed by atoms with Crippen molar-refractivity contribution >= 4 is 0 Å². The van der Waals surface area contributed by atoms with E-state index >= 15 is 0 Å². The zero-order valence-electron chi connectivity index (χ0n) is 13.6. The van der Waals surface area contributed by atoms with E-state index in [1.807, 2.05) is 24.4 Å². The van der Waals surface area contributed by atoms with Crippen LogP contribution < -0.4 is 0 Å². The van der Waals surface area contributed by atoms with E-state index in [0.717, 1.165) is 50.0 Å². The average Bonchev–Trinajstić information content (AvgIpc) is 3.26. The maximum Gasteiger partial charge on any atom is 0.147 e. The van der Waals surface area contributed by atoms with Gasteiger partial charge in [-0.1, -0.05) is 6.07 Å². The van der Waals surface area contributed by atoms with Gasteiger partial charge in [-0.3, -0.25) is 9.88 Å². The molecule has 6 nitrogen and oxygen atoms in total. The van der Waals surface area contributed by atoms with Crippen LogP contribution in [0.5, 0.6) is 0 Å². The van der Waals surface area contributed by atoms with E-state index in [9.17, 15) is 0 Å². The summed E-state index contributed by atoms with van der Waals surface area (Å²) in [6, 6.07) is 8.01. The van der Waals surface area contributed by atoms with Crippen LogP contribution in [0.2, 0.25) is 0 Å². The van der Waals surface area contributed by atoms with Crippen molar-refractivity contribution in [2.45, 2.75) is 45.4 Å². The monoisotopic (exact) mass is 323 g/mol. The molecule has 0 saturated heterocycles. The molecule has 6 heteroatoms. The SMILES string of the molecule is c1cncc(CN(Cc2ccco2)Cc2nnc3n2CCCC3)c1.